The van der Waals surface area contributed by atoms with E-state index < -0.39 is 63.0 Å². The van der Waals surface area contributed by atoms with E-state index in [9.17, 15) is 31.2 Å². The highest BCUT2D eigenvalue weighted by Gasteiger charge is 2.35. The molecule has 0 aromatic heterocycles. The van der Waals surface area contributed by atoms with Crippen molar-refractivity contribution < 1.29 is 31.2 Å². The van der Waals surface area contributed by atoms with E-state index in [0.29, 0.717) is 0 Å². The molecule has 31 heavy (non-hydrogen) atoms. The molecule has 1 unspecified atom stereocenters. The lowest BCUT2D eigenvalue weighted by atomic mass is 10.1. The number of benzene rings is 2. The first-order valence-corrected chi connectivity index (χ1v) is 10.7. The maximum atomic E-state index is 13.2. The third-order valence-electron chi connectivity index (χ3n) is 4.12. The molecule has 2 amide bonds. The highest BCUT2D eigenvalue weighted by molar-refractivity contribution is 7.90. The van der Waals surface area contributed by atoms with Crippen molar-refractivity contribution in [1.82, 2.24) is 10.6 Å². The van der Waals surface area contributed by atoms with Crippen LogP contribution in [0.25, 0.3) is 0 Å². The number of nitrogens with one attached hydrogen (secondary N) is 2. The Hall–Kier alpha value is -3.39. The van der Waals surface area contributed by atoms with Gasteiger partial charge in [-0.2, -0.15) is 18.4 Å². The Morgan fingerprint density at radius 2 is 1.65 bits per heavy atom. The summed E-state index contributed by atoms with van der Waals surface area (Å²) in [5.74, 6) is -3.62. The largest absolute Gasteiger partial charge is 0.416 e. The number of amides is 2. The fraction of sp³-hybridized carbons (Fsp3) is 0.250. The molecule has 11 heteroatoms. The molecule has 2 aromatic carbocycles. The van der Waals surface area contributed by atoms with Gasteiger partial charge in [0.1, 0.15) is 12.6 Å². The summed E-state index contributed by atoms with van der Waals surface area (Å²) < 4.78 is 64.7. The smallest absolute Gasteiger partial charge is 0.341 e. The third-order valence-corrected chi connectivity index (χ3v) is 5.71. The first-order valence-electron chi connectivity index (χ1n) is 8.89. The number of nitriles is 1. The number of carbonyl (C=O) groups is 2. The van der Waals surface area contributed by atoms with Gasteiger partial charge in [0.15, 0.2) is 9.84 Å². The Labute approximate surface area is 176 Å². The van der Waals surface area contributed by atoms with Gasteiger partial charge >= 0.3 is 6.18 Å². The predicted molar refractivity (Wildman–Crippen MR) is 105 cm³/mol. The van der Waals surface area contributed by atoms with Crippen molar-refractivity contribution in [3.63, 3.8) is 0 Å². The normalized spacial score (nSPS) is 12.5. The molecule has 164 valence electrons. The van der Waals surface area contributed by atoms with E-state index in [1.165, 1.54) is 18.2 Å². The minimum absolute atomic E-state index is 0.153. The number of sulfone groups is 1. The minimum atomic E-state index is -4.75. The lowest BCUT2D eigenvalue weighted by Gasteiger charge is -2.19. The number of alkyl halides is 3. The predicted octanol–water partition coefficient (Wildman–Crippen LogP) is 2.06. The quantitative estimate of drug-likeness (QED) is 0.594. The summed E-state index contributed by atoms with van der Waals surface area (Å²) >= 11 is 0. The van der Waals surface area contributed by atoms with E-state index in [1.807, 2.05) is 0 Å². The number of nitrogens with zero attached hydrogens (tertiary/aromatic N) is 1. The zero-order valence-electron chi connectivity index (χ0n) is 16.0. The van der Waals surface area contributed by atoms with Crippen LogP contribution in [-0.2, 0) is 26.6 Å². The molecule has 2 rings (SSSR count). The van der Waals surface area contributed by atoms with Gasteiger partial charge in [0.05, 0.1) is 23.1 Å². The van der Waals surface area contributed by atoms with Crippen molar-refractivity contribution in [2.75, 3.05) is 12.3 Å². The van der Waals surface area contributed by atoms with E-state index in [4.69, 9.17) is 5.26 Å². The van der Waals surface area contributed by atoms with Crippen LogP contribution in [0.1, 0.15) is 21.5 Å². The van der Waals surface area contributed by atoms with E-state index in [0.717, 1.165) is 18.2 Å². The van der Waals surface area contributed by atoms with Gasteiger partial charge in [0, 0.05) is 5.56 Å². The first-order chi connectivity index (χ1) is 14.5. The first kappa shape index (κ1) is 23.9. The van der Waals surface area contributed by atoms with Crippen LogP contribution < -0.4 is 10.6 Å². The van der Waals surface area contributed by atoms with Crippen LogP contribution in [0, 0.1) is 11.3 Å². The second-order valence-corrected chi connectivity index (χ2v) is 8.59. The standard InChI is InChI=1S/C20H18F3N3O4S/c21-20(22,23)16-9-5-4-8-15(16)12-31(29,30)13-17(19(28)25-11-10-24)26-18(27)14-6-2-1-3-7-14/h1-9,17H,11-13H2,(H,25,28)(H,26,27). The summed E-state index contributed by atoms with van der Waals surface area (Å²) in [5.41, 5.74) is -1.42. The average Bonchev–Trinajstić information content (AvgIpc) is 2.71. The molecule has 0 saturated carbocycles. The zero-order chi connectivity index (χ0) is 23.1. The van der Waals surface area contributed by atoms with Gasteiger partial charge in [0.2, 0.25) is 5.91 Å². The Morgan fingerprint density at radius 1 is 1.03 bits per heavy atom. The van der Waals surface area contributed by atoms with Crippen LogP contribution in [0.4, 0.5) is 13.2 Å². The summed E-state index contributed by atoms with van der Waals surface area (Å²) in [6.45, 7) is -0.437. The summed E-state index contributed by atoms with van der Waals surface area (Å²) in [4.78, 5) is 24.7. The van der Waals surface area contributed by atoms with Gasteiger partial charge in [-0.15, -0.1) is 0 Å². The molecule has 0 heterocycles. The monoisotopic (exact) mass is 453 g/mol. The molecule has 2 N–H and O–H groups in total. The molecule has 0 aliphatic heterocycles. The summed E-state index contributed by atoms with van der Waals surface area (Å²) in [6.07, 6.45) is -4.75. The van der Waals surface area contributed by atoms with Crippen molar-refractivity contribution >= 4 is 21.7 Å². The number of carbonyl (C=O) groups excluding carboxylic acids is 2. The highest BCUT2D eigenvalue weighted by Crippen LogP contribution is 2.32. The fourth-order valence-corrected chi connectivity index (χ4v) is 4.32. The van der Waals surface area contributed by atoms with Crippen molar-refractivity contribution in [2.45, 2.75) is 18.0 Å². The van der Waals surface area contributed by atoms with Crippen molar-refractivity contribution in [3.8, 4) is 6.07 Å². The maximum Gasteiger partial charge on any atom is 0.416 e. The number of halogens is 3. The second kappa shape index (κ2) is 10.1. The Balaban J connectivity index is 2.26. The molecule has 0 bridgehead atoms. The van der Waals surface area contributed by atoms with Crippen LogP contribution in [0.5, 0.6) is 0 Å². The van der Waals surface area contributed by atoms with Gasteiger partial charge in [-0.05, 0) is 23.8 Å². The zero-order valence-corrected chi connectivity index (χ0v) is 16.8. The van der Waals surface area contributed by atoms with E-state index in [-0.39, 0.29) is 5.56 Å². The molecular formula is C20H18F3N3O4S. The number of hydrogen-bond acceptors (Lipinski definition) is 5. The fourth-order valence-electron chi connectivity index (χ4n) is 2.74. The van der Waals surface area contributed by atoms with Gasteiger partial charge in [0.25, 0.3) is 5.91 Å². The van der Waals surface area contributed by atoms with Gasteiger partial charge in [-0.3, -0.25) is 9.59 Å². The Bertz CT molecular complexity index is 1080. The van der Waals surface area contributed by atoms with Crippen molar-refractivity contribution in [2.24, 2.45) is 0 Å². The highest BCUT2D eigenvalue weighted by atomic mass is 32.2. The van der Waals surface area contributed by atoms with Crippen LogP contribution in [-0.4, -0.2) is 38.6 Å². The molecule has 0 radical (unpaired) electrons. The lowest BCUT2D eigenvalue weighted by Crippen LogP contribution is -2.50. The lowest BCUT2D eigenvalue weighted by molar-refractivity contribution is -0.138. The van der Waals surface area contributed by atoms with Gasteiger partial charge in [-0.1, -0.05) is 36.4 Å². The molecular weight excluding hydrogens is 435 g/mol. The summed E-state index contributed by atoms with van der Waals surface area (Å²) in [6, 6.07) is 11.9. The molecule has 0 spiro atoms. The van der Waals surface area contributed by atoms with Crippen LogP contribution in [0.2, 0.25) is 0 Å². The molecule has 0 aliphatic carbocycles. The van der Waals surface area contributed by atoms with E-state index >= 15 is 0 Å². The van der Waals surface area contributed by atoms with Crippen molar-refractivity contribution in [3.05, 3.63) is 71.3 Å². The third kappa shape index (κ3) is 7.11. The second-order valence-electron chi connectivity index (χ2n) is 6.48. The number of hydrogen-bond donors (Lipinski definition) is 2. The topological polar surface area (TPSA) is 116 Å². The average molecular weight is 453 g/mol. The van der Waals surface area contributed by atoms with E-state index in [1.54, 1.807) is 24.3 Å². The molecule has 0 fully saturated rings. The van der Waals surface area contributed by atoms with Gasteiger partial charge < -0.3 is 10.6 Å². The molecule has 7 nitrogen and oxygen atoms in total. The molecule has 2 aromatic rings. The van der Waals surface area contributed by atoms with E-state index in [2.05, 4.69) is 10.6 Å². The summed E-state index contributed by atoms with van der Waals surface area (Å²) in [5, 5.41) is 13.0. The Kier molecular flexibility index (Phi) is 7.77. The van der Waals surface area contributed by atoms with Crippen LogP contribution in [0.3, 0.4) is 0 Å². The Morgan fingerprint density at radius 3 is 2.26 bits per heavy atom. The summed E-state index contributed by atoms with van der Waals surface area (Å²) in [7, 11) is -4.27. The maximum absolute atomic E-state index is 13.2. The van der Waals surface area contributed by atoms with Crippen LogP contribution >= 0.6 is 0 Å². The van der Waals surface area contributed by atoms with Gasteiger partial charge in [-0.25, -0.2) is 8.42 Å². The number of rotatable bonds is 8. The van der Waals surface area contributed by atoms with Crippen molar-refractivity contribution in [1.29, 1.82) is 5.26 Å². The SMILES string of the molecule is N#CCNC(=O)C(CS(=O)(=O)Cc1ccccc1C(F)(F)F)NC(=O)c1ccccc1. The minimum Gasteiger partial charge on any atom is -0.341 e. The van der Waals surface area contributed by atoms with Crippen LogP contribution in [0.15, 0.2) is 54.6 Å². The molecule has 0 aliphatic rings. The molecule has 0 saturated heterocycles. The molecule has 1 atom stereocenters.